The second-order valence-corrected chi connectivity index (χ2v) is 4.71. The van der Waals surface area contributed by atoms with E-state index in [1.807, 2.05) is 18.2 Å². The highest BCUT2D eigenvalue weighted by Gasteiger charge is 2.00. The lowest BCUT2D eigenvalue weighted by Gasteiger charge is -2.08. The van der Waals surface area contributed by atoms with Crippen LogP contribution >= 0.6 is 12.2 Å². The van der Waals surface area contributed by atoms with E-state index in [2.05, 4.69) is 15.8 Å². The van der Waals surface area contributed by atoms with E-state index in [0.717, 1.165) is 5.69 Å². The fourth-order valence-electron chi connectivity index (χ4n) is 1.66. The van der Waals surface area contributed by atoms with Crippen molar-refractivity contribution in [3.63, 3.8) is 0 Å². The molecular formula is C15H15N3O3S. The number of phenolic OH excluding ortho intramolecular Hbond substituents is 2. The molecule has 2 aromatic carbocycles. The molecule has 0 atom stereocenters. The zero-order chi connectivity index (χ0) is 15.9. The lowest BCUT2D eigenvalue weighted by atomic mass is 10.2. The fourth-order valence-corrected chi connectivity index (χ4v) is 1.83. The molecule has 0 saturated carbocycles. The number of nitrogens with one attached hydrogen (secondary N) is 2. The van der Waals surface area contributed by atoms with Crippen LogP contribution in [0.3, 0.4) is 0 Å². The number of benzene rings is 2. The molecule has 0 aliphatic carbocycles. The SMILES string of the molecule is COc1cccc(NC(=S)NN=Cc2ccc(O)cc2O)c1. The van der Waals surface area contributed by atoms with E-state index in [1.54, 1.807) is 13.2 Å². The molecule has 22 heavy (non-hydrogen) atoms. The van der Waals surface area contributed by atoms with Gasteiger partial charge in [-0.2, -0.15) is 5.10 Å². The average Bonchev–Trinajstić information content (AvgIpc) is 2.49. The molecule has 6 nitrogen and oxygen atoms in total. The van der Waals surface area contributed by atoms with Gasteiger partial charge in [-0.25, -0.2) is 0 Å². The molecule has 0 heterocycles. The molecule has 4 N–H and O–H groups in total. The van der Waals surface area contributed by atoms with Crippen LogP contribution in [0.1, 0.15) is 5.56 Å². The Labute approximate surface area is 133 Å². The lowest BCUT2D eigenvalue weighted by Crippen LogP contribution is -2.23. The second kappa shape index (κ2) is 7.28. The highest BCUT2D eigenvalue weighted by molar-refractivity contribution is 7.80. The Kier molecular flexibility index (Phi) is 5.16. The third kappa shape index (κ3) is 4.35. The van der Waals surface area contributed by atoms with E-state index in [-0.39, 0.29) is 11.5 Å². The second-order valence-electron chi connectivity index (χ2n) is 4.30. The van der Waals surface area contributed by atoms with Crippen LogP contribution in [0.2, 0.25) is 0 Å². The van der Waals surface area contributed by atoms with Crippen LogP contribution in [-0.4, -0.2) is 28.6 Å². The summed E-state index contributed by atoms with van der Waals surface area (Å²) in [5.74, 6) is 0.625. The lowest BCUT2D eigenvalue weighted by molar-refractivity contribution is 0.415. The summed E-state index contributed by atoms with van der Waals surface area (Å²) in [5.41, 5.74) is 3.85. The summed E-state index contributed by atoms with van der Waals surface area (Å²) in [6.07, 6.45) is 1.40. The Morgan fingerprint density at radius 2 is 2.05 bits per heavy atom. The van der Waals surface area contributed by atoms with Gasteiger partial charge in [0, 0.05) is 23.4 Å². The maximum Gasteiger partial charge on any atom is 0.191 e. The van der Waals surface area contributed by atoms with E-state index >= 15 is 0 Å². The van der Waals surface area contributed by atoms with Crippen molar-refractivity contribution in [1.29, 1.82) is 0 Å². The summed E-state index contributed by atoms with van der Waals surface area (Å²) in [6, 6.07) is 11.5. The van der Waals surface area contributed by atoms with Gasteiger partial charge in [0.2, 0.25) is 0 Å². The quantitative estimate of drug-likeness (QED) is 0.394. The van der Waals surface area contributed by atoms with Crippen LogP contribution in [0.5, 0.6) is 17.2 Å². The Morgan fingerprint density at radius 1 is 1.23 bits per heavy atom. The molecule has 0 fully saturated rings. The van der Waals surface area contributed by atoms with Crippen molar-refractivity contribution in [1.82, 2.24) is 5.43 Å². The molecule has 0 amide bonds. The highest BCUT2D eigenvalue weighted by atomic mass is 32.1. The summed E-state index contributed by atoms with van der Waals surface area (Å²) >= 11 is 5.11. The predicted octanol–water partition coefficient (Wildman–Crippen LogP) is 2.43. The molecule has 2 rings (SSSR count). The number of hydrogen-bond donors (Lipinski definition) is 4. The largest absolute Gasteiger partial charge is 0.508 e. The first-order valence-electron chi connectivity index (χ1n) is 6.34. The zero-order valence-electron chi connectivity index (χ0n) is 11.8. The molecule has 7 heteroatoms. The van der Waals surface area contributed by atoms with Gasteiger partial charge in [-0.15, -0.1) is 0 Å². The number of methoxy groups -OCH3 is 1. The van der Waals surface area contributed by atoms with Crippen LogP contribution in [0, 0.1) is 0 Å². The molecular weight excluding hydrogens is 302 g/mol. The highest BCUT2D eigenvalue weighted by Crippen LogP contribution is 2.20. The number of thiocarbonyl (C=S) groups is 1. The number of anilines is 1. The van der Waals surface area contributed by atoms with Crippen LogP contribution in [0.25, 0.3) is 0 Å². The minimum atomic E-state index is -0.0720. The topological polar surface area (TPSA) is 86.1 Å². The van der Waals surface area contributed by atoms with Gasteiger partial charge in [-0.1, -0.05) is 6.07 Å². The molecule has 0 aromatic heterocycles. The van der Waals surface area contributed by atoms with Gasteiger partial charge in [0.15, 0.2) is 5.11 Å². The van der Waals surface area contributed by atoms with Gasteiger partial charge < -0.3 is 20.3 Å². The molecule has 0 bridgehead atoms. The third-order valence-corrected chi connectivity index (χ3v) is 2.90. The Morgan fingerprint density at radius 3 is 2.77 bits per heavy atom. The molecule has 0 spiro atoms. The van der Waals surface area contributed by atoms with E-state index in [9.17, 15) is 10.2 Å². The number of hydrogen-bond acceptors (Lipinski definition) is 5. The van der Waals surface area contributed by atoms with Crippen molar-refractivity contribution in [2.75, 3.05) is 12.4 Å². The average molecular weight is 317 g/mol. The predicted molar refractivity (Wildman–Crippen MR) is 89.7 cm³/mol. The van der Waals surface area contributed by atoms with Crippen molar-refractivity contribution in [2.45, 2.75) is 0 Å². The number of ether oxygens (including phenoxy) is 1. The Hall–Kier alpha value is -2.80. The minimum absolute atomic E-state index is 0.0159. The van der Waals surface area contributed by atoms with Crippen molar-refractivity contribution >= 4 is 29.2 Å². The summed E-state index contributed by atoms with van der Waals surface area (Å²) in [4.78, 5) is 0. The number of hydrazone groups is 1. The number of phenols is 2. The molecule has 0 aliphatic rings. The maximum atomic E-state index is 9.61. The normalized spacial score (nSPS) is 10.4. The van der Waals surface area contributed by atoms with Crippen molar-refractivity contribution in [3.05, 3.63) is 48.0 Å². The first-order valence-corrected chi connectivity index (χ1v) is 6.75. The minimum Gasteiger partial charge on any atom is -0.508 e. The molecule has 0 saturated heterocycles. The zero-order valence-corrected chi connectivity index (χ0v) is 12.6. The summed E-state index contributed by atoms with van der Waals surface area (Å²) in [7, 11) is 1.59. The molecule has 0 unspecified atom stereocenters. The number of nitrogens with zero attached hydrogens (tertiary/aromatic N) is 1. The summed E-state index contributed by atoms with van der Waals surface area (Å²) in [5, 5.41) is 26.0. The first-order chi connectivity index (χ1) is 10.6. The molecule has 0 radical (unpaired) electrons. The smallest absolute Gasteiger partial charge is 0.191 e. The molecule has 2 aromatic rings. The van der Waals surface area contributed by atoms with E-state index in [1.165, 1.54) is 24.4 Å². The number of rotatable bonds is 4. The van der Waals surface area contributed by atoms with Crippen LogP contribution in [0.15, 0.2) is 47.6 Å². The van der Waals surface area contributed by atoms with E-state index in [4.69, 9.17) is 17.0 Å². The third-order valence-electron chi connectivity index (χ3n) is 2.71. The van der Waals surface area contributed by atoms with Crippen molar-refractivity contribution in [2.24, 2.45) is 5.10 Å². The van der Waals surface area contributed by atoms with Gasteiger partial charge in [-0.05, 0) is 36.5 Å². The standard InChI is InChI=1S/C15H15N3O3S/c1-21-13-4-2-3-11(7-13)17-15(22)18-16-9-10-5-6-12(19)8-14(10)20/h2-9,19-20H,1H3,(H2,17,18,22). The van der Waals surface area contributed by atoms with Gasteiger partial charge in [0.25, 0.3) is 0 Å². The number of aromatic hydroxyl groups is 2. The maximum absolute atomic E-state index is 9.61. The summed E-state index contributed by atoms with van der Waals surface area (Å²) < 4.78 is 5.12. The molecule has 0 aliphatic heterocycles. The van der Waals surface area contributed by atoms with Gasteiger partial charge in [0.05, 0.1) is 13.3 Å². The van der Waals surface area contributed by atoms with Crippen LogP contribution in [0.4, 0.5) is 5.69 Å². The van der Waals surface area contributed by atoms with Gasteiger partial charge in [-0.3, -0.25) is 5.43 Å². The molecule has 114 valence electrons. The van der Waals surface area contributed by atoms with Crippen LogP contribution < -0.4 is 15.5 Å². The van der Waals surface area contributed by atoms with E-state index < -0.39 is 0 Å². The van der Waals surface area contributed by atoms with Gasteiger partial charge in [0.1, 0.15) is 17.2 Å². The monoisotopic (exact) mass is 317 g/mol. The first kappa shape index (κ1) is 15.6. The van der Waals surface area contributed by atoms with Crippen molar-refractivity contribution in [3.8, 4) is 17.2 Å². The fraction of sp³-hybridized carbons (Fsp3) is 0.0667. The van der Waals surface area contributed by atoms with Crippen LogP contribution in [-0.2, 0) is 0 Å². The van der Waals surface area contributed by atoms with Gasteiger partial charge >= 0.3 is 0 Å². The van der Waals surface area contributed by atoms with Crippen molar-refractivity contribution < 1.29 is 14.9 Å². The van der Waals surface area contributed by atoms with E-state index in [0.29, 0.717) is 16.4 Å². The Bertz CT molecular complexity index is 704. The Balaban J connectivity index is 1.93. The summed E-state index contributed by atoms with van der Waals surface area (Å²) in [6.45, 7) is 0.